The van der Waals surface area contributed by atoms with Crippen molar-refractivity contribution in [3.05, 3.63) is 24.4 Å². The molecule has 7 heteroatoms. The van der Waals surface area contributed by atoms with Gasteiger partial charge in [0, 0.05) is 38.2 Å². The van der Waals surface area contributed by atoms with Gasteiger partial charge in [-0.3, -0.25) is 0 Å². The number of hydrogen-bond acceptors (Lipinski definition) is 5. The summed E-state index contributed by atoms with van der Waals surface area (Å²) in [6, 6.07) is 5.56. The second-order valence-corrected chi connectivity index (χ2v) is 7.86. The SMILES string of the molecule is CCS(=O)(=O)N1CC2(C[C@H](Oc3ccccn3)CCO2)C1. The first kappa shape index (κ1) is 14.7. The summed E-state index contributed by atoms with van der Waals surface area (Å²) in [5.41, 5.74) is -0.375. The fourth-order valence-corrected chi connectivity index (χ4v) is 4.10. The molecule has 3 heterocycles. The molecule has 1 aromatic heterocycles. The van der Waals surface area contributed by atoms with Crippen LogP contribution in [0.3, 0.4) is 0 Å². The second-order valence-electron chi connectivity index (χ2n) is 5.60. The van der Waals surface area contributed by atoms with Gasteiger partial charge < -0.3 is 9.47 Å². The lowest BCUT2D eigenvalue weighted by atomic mass is 9.86. The molecule has 1 spiro atoms. The van der Waals surface area contributed by atoms with Gasteiger partial charge in [-0.1, -0.05) is 6.07 Å². The van der Waals surface area contributed by atoms with Crippen LogP contribution < -0.4 is 4.74 Å². The van der Waals surface area contributed by atoms with E-state index in [0.717, 1.165) is 6.42 Å². The first-order valence-corrected chi connectivity index (χ1v) is 8.83. The Morgan fingerprint density at radius 1 is 1.48 bits per heavy atom. The van der Waals surface area contributed by atoms with Gasteiger partial charge in [-0.05, 0) is 13.0 Å². The lowest BCUT2D eigenvalue weighted by molar-refractivity contribution is -0.165. The van der Waals surface area contributed by atoms with Crippen molar-refractivity contribution in [3.8, 4) is 5.88 Å². The van der Waals surface area contributed by atoms with Crippen LogP contribution in [0.1, 0.15) is 19.8 Å². The van der Waals surface area contributed by atoms with Crippen LogP contribution in [0.5, 0.6) is 5.88 Å². The van der Waals surface area contributed by atoms with Crippen molar-refractivity contribution in [2.45, 2.75) is 31.5 Å². The standard InChI is InChI=1S/C14H20N2O4S/c1-2-21(17,18)16-10-14(11-16)9-12(6-8-19-14)20-13-5-3-4-7-15-13/h3-5,7,12H,2,6,8-11H2,1H3/t12-/m1/s1. The Hall–Kier alpha value is -1.18. The summed E-state index contributed by atoms with van der Waals surface area (Å²) in [6.45, 7) is 3.13. The summed E-state index contributed by atoms with van der Waals surface area (Å²) < 4.78 is 36.8. The van der Waals surface area contributed by atoms with E-state index in [4.69, 9.17) is 9.47 Å². The third kappa shape index (κ3) is 3.04. The third-order valence-electron chi connectivity index (χ3n) is 4.06. The number of sulfonamides is 1. The zero-order valence-corrected chi connectivity index (χ0v) is 12.9. The predicted molar refractivity (Wildman–Crippen MR) is 77.6 cm³/mol. The van der Waals surface area contributed by atoms with E-state index in [1.54, 1.807) is 13.1 Å². The molecular formula is C14H20N2O4S. The fraction of sp³-hybridized carbons (Fsp3) is 0.643. The van der Waals surface area contributed by atoms with E-state index in [9.17, 15) is 8.42 Å². The predicted octanol–water partition coefficient (Wildman–Crippen LogP) is 1.04. The Bertz CT molecular complexity index is 584. The van der Waals surface area contributed by atoms with Gasteiger partial charge in [0.2, 0.25) is 15.9 Å². The molecule has 116 valence electrons. The highest BCUT2D eigenvalue weighted by Crippen LogP contribution is 2.36. The molecule has 1 atom stereocenters. The van der Waals surface area contributed by atoms with Gasteiger partial charge in [-0.2, -0.15) is 4.31 Å². The van der Waals surface area contributed by atoms with Crippen LogP contribution in [0.15, 0.2) is 24.4 Å². The van der Waals surface area contributed by atoms with E-state index in [2.05, 4.69) is 4.98 Å². The average molecular weight is 312 g/mol. The number of aromatic nitrogens is 1. The molecule has 2 aliphatic heterocycles. The first-order chi connectivity index (χ1) is 10.0. The van der Waals surface area contributed by atoms with E-state index in [0.29, 0.717) is 32.0 Å². The topological polar surface area (TPSA) is 68.7 Å². The minimum Gasteiger partial charge on any atom is -0.474 e. The van der Waals surface area contributed by atoms with Crippen molar-refractivity contribution < 1.29 is 17.9 Å². The molecule has 0 bridgehead atoms. The summed E-state index contributed by atoms with van der Waals surface area (Å²) in [5, 5.41) is 0. The average Bonchev–Trinajstić information content (AvgIpc) is 2.46. The largest absolute Gasteiger partial charge is 0.474 e. The number of pyridine rings is 1. The molecule has 3 rings (SSSR count). The Labute approximate surface area is 125 Å². The highest BCUT2D eigenvalue weighted by Gasteiger charge is 2.51. The number of nitrogens with zero attached hydrogens (tertiary/aromatic N) is 2. The Kier molecular flexibility index (Phi) is 3.90. The zero-order valence-electron chi connectivity index (χ0n) is 12.1. The van der Waals surface area contributed by atoms with Crippen molar-refractivity contribution in [1.82, 2.24) is 9.29 Å². The number of rotatable bonds is 4. The molecule has 1 aromatic rings. The minimum absolute atomic E-state index is 0.0279. The molecule has 0 unspecified atom stereocenters. The summed E-state index contributed by atoms with van der Waals surface area (Å²) >= 11 is 0. The van der Waals surface area contributed by atoms with E-state index in [1.165, 1.54) is 4.31 Å². The lowest BCUT2D eigenvalue weighted by Crippen LogP contribution is -2.67. The molecule has 0 N–H and O–H groups in total. The van der Waals surface area contributed by atoms with E-state index in [1.807, 2.05) is 18.2 Å². The molecule has 21 heavy (non-hydrogen) atoms. The highest BCUT2D eigenvalue weighted by atomic mass is 32.2. The van der Waals surface area contributed by atoms with Crippen LogP contribution in [-0.4, -0.2) is 54.9 Å². The molecule has 2 saturated heterocycles. The van der Waals surface area contributed by atoms with E-state index < -0.39 is 10.0 Å². The Morgan fingerprint density at radius 2 is 2.29 bits per heavy atom. The van der Waals surface area contributed by atoms with Crippen LogP contribution in [0.2, 0.25) is 0 Å². The number of hydrogen-bond donors (Lipinski definition) is 0. The summed E-state index contributed by atoms with van der Waals surface area (Å²) in [6.07, 6.45) is 3.24. The van der Waals surface area contributed by atoms with Gasteiger partial charge in [-0.25, -0.2) is 13.4 Å². The molecule has 0 radical (unpaired) electrons. The van der Waals surface area contributed by atoms with Crippen molar-refractivity contribution in [3.63, 3.8) is 0 Å². The van der Waals surface area contributed by atoms with Gasteiger partial charge in [0.1, 0.15) is 6.10 Å². The summed E-state index contributed by atoms with van der Waals surface area (Å²) in [5.74, 6) is 0.744. The maximum atomic E-state index is 11.8. The molecule has 2 aliphatic rings. The van der Waals surface area contributed by atoms with Crippen LogP contribution in [-0.2, 0) is 14.8 Å². The monoisotopic (exact) mass is 312 g/mol. The summed E-state index contributed by atoms with van der Waals surface area (Å²) in [7, 11) is -3.11. The molecule has 0 amide bonds. The molecular weight excluding hydrogens is 292 g/mol. The molecule has 0 saturated carbocycles. The smallest absolute Gasteiger partial charge is 0.214 e. The maximum absolute atomic E-state index is 11.8. The van der Waals surface area contributed by atoms with Gasteiger partial charge in [0.25, 0.3) is 0 Å². The summed E-state index contributed by atoms with van der Waals surface area (Å²) in [4.78, 5) is 4.16. The van der Waals surface area contributed by atoms with Crippen LogP contribution in [0, 0.1) is 0 Å². The normalized spacial score (nSPS) is 25.5. The highest BCUT2D eigenvalue weighted by molar-refractivity contribution is 7.89. The van der Waals surface area contributed by atoms with Crippen molar-refractivity contribution in [2.75, 3.05) is 25.4 Å². The molecule has 0 aliphatic carbocycles. The zero-order chi connectivity index (χ0) is 14.9. The van der Waals surface area contributed by atoms with E-state index in [-0.39, 0.29) is 17.5 Å². The van der Waals surface area contributed by atoms with Crippen molar-refractivity contribution in [1.29, 1.82) is 0 Å². The maximum Gasteiger partial charge on any atom is 0.214 e. The van der Waals surface area contributed by atoms with Crippen LogP contribution in [0.4, 0.5) is 0 Å². The van der Waals surface area contributed by atoms with Gasteiger partial charge in [-0.15, -0.1) is 0 Å². The molecule has 6 nitrogen and oxygen atoms in total. The van der Waals surface area contributed by atoms with Crippen molar-refractivity contribution in [2.24, 2.45) is 0 Å². The van der Waals surface area contributed by atoms with Crippen LogP contribution >= 0.6 is 0 Å². The first-order valence-electron chi connectivity index (χ1n) is 7.22. The molecule has 0 aromatic carbocycles. The number of ether oxygens (including phenoxy) is 2. The van der Waals surface area contributed by atoms with Gasteiger partial charge >= 0.3 is 0 Å². The minimum atomic E-state index is -3.11. The van der Waals surface area contributed by atoms with Crippen LogP contribution in [0.25, 0.3) is 0 Å². The molecule has 2 fully saturated rings. The van der Waals surface area contributed by atoms with Crippen molar-refractivity contribution >= 4 is 10.0 Å². The quantitative estimate of drug-likeness (QED) is 0.831. The second kappa shape index (κ2) is 5.55. The third-order valence-corrected chi connectivity index (χ3v) is 5.83. The van der Waals surface area contributed by atoms with Gasteiger partial charge in [0.05, 0.1) is 18.0 Å². The Morgan fingerprint density at radius 3 is 2.95 bits per heavy atom. The lowest BCUT2D eigenvalue weighted by Gasteiger charge is -2.51. The Balaban J connectivity index is 1.60. The van der Waals surface area contributed by atoms with E-state index >= 15 is 0 Å². The fourth-order valence-electron chi connectivity index (χ4n) is 2.87. The van der Waals surface area contributed by atoms with Gasteiger partial charge in [0.15, 0.2) is 0 Å².